The number of ether oxygens (including phenoxy) is 2. The van der Waals surface area contributed by atoms with Crippen LogP contribution in [0.5, 0.6) is 5.75 Å². The highest BCUT2D eigenvalue weighted by Gasteiger charge is 2.52. The minimum atomic E-state index is -1.28. The normalized spacial score (nSPS) is 18.6. The second-order valence-corrected chi connectivity index (χ2v) is 9.84. The number of hydrogen-bond donors (Lipinski definition) is 2. The van der Waals surface area contributed by atoms with Crippen LogP contribution >= 0.6 is 27.5 Å². The Bertz CT molecular complexity index is 1280. The number of amides is 1. The summed E-state index contributed by atoms with van der Waals surface area (Å²) in [5.74, 6) is 0.748. The van der Waals surface area contributed by atoms with Crippen LogP contribution in [0.4, 0.5) is 0 Å². The van der Waals surface area contributed by atoms with Crippen LogP contribution in [-0.4, -0.2) is 35.7 Å². The Hall–Kier alpha value is -3.13. The van der Waals surface area contributed by atoms with E-state index in [9.17, 15) is 4.79 Å². The number of halogens is 2. The molecule has 2 N–H and O–H groups in total. The van der Waals surface area contributed by atoms with E-state index in [-0.39, 0.29) is 25.5 Å². The van der Waals surface area contributed by atoms with Crippen LogP contribution < -0.4 is 10.1 Å². The maximum Gasteiger partial charge on any atom is 0.252 e. The van der Waals surface area contributed by atoms with Crippen molar-refractivity contribution in [3.63, 3.8) is 0 Å². The highest BCUT2D eigenvalue weighted by molar-refractivity contribution is 9.10. The number of benzene rings is 3. The van der Waals surface area contributed by atoms with Gasteiger partial charge in [0.2, 0.25) is 5.90 Å². The van der Waals surface area contributed by atoms with Gasteiger partial charge in [-0.15, -0.1) is 6.58 Å². The Kier molecular flexibility index (Phi) is 9.03. The Morgan fingerprint density at radius 3 is 2.59 bits per heavy atom. The van der Waals surface area contributed by atoms with Crippen molar-refractivity contribution >= 4 is 39.3 Å². The zero-order valence-electron chi connectivity index (χ0n) is 20.2. The number of aliphatic hydroxyl groups is 1. The number of rotatable bonds is 11. The van der Waals surface area contributed by atoms with Gasteiger partial charge in [0.1, 0.15) is 5.75 Å². The lowest BCUT2D eigenvalue weighted by Gasteiger charge is -2.30. The van der Waals surface area contributed by atoms with E-state index in [0.717, 1.165) is 21.2 Å². The van der Waals surface area contributed by atoms with Gasteiger partial charge in [-0.2, -0.15) is 0 Å². The molecule has 0 fully saturated rings. The minimum Gasteiger partial charge on any atom is -0.494 e. The van der Waals surface area contributed by atoms with E-state index in [2.05, 4.69) is 27.8 Å². The molecule has 1 aliphatic heterocycles. The predicted octanol–water partition coefficient (Wildman–Crippen LogP) is 6.01. The topological polar surface area (TPSA) is 80.2 Å². The quantitative estimate of drug-likeness (QED) is 0.214. The molecule has 1 aliphatic rings. The van der Waals surface area contributed by atoms with E-state index < -0.39 is 11.6 Å². The van der Waals surface area contributed by atoms with E-state index in [1.165, 1.54) is 0 Å². The van der Waals surface area contributed by atoms with E-state index in [4.69, 9.17) is 31.2 Å². The lowest BCUT2D eigenvalue weighted by atomic mass is 9.84. The molecule has 0 unspecified atom stereocenters. The average molecular weight is 584 g/mol. The largest absolute Gasteiger partial charge is 0.494 e. The molecule has 0 bridgehead atoms. The van der Waals surface area contributed by atoms with Crippen molar-refractivity contribution in [3.05, 3.63) is 112 Å². The van der Waals surface area contributed by atoms with Crippen LogP contribution in [0.3, 0.4) is 0 Å². The Labute approximate surface area is 230 Å². The van der Waals surface area contributed by atoms with Crippen LogP contribution in [0, 0.1) is 0 Å². The van der Waals surface area contributed by atoms with Crippen molar-refractivity contribution in [1.82, 2.24) is 5.32 Å². The summed E-state index contributed by atoms with van der Waals surface area (Å²) < 4.78 is 12.9. The second-order valence-electron chi connectivity index (χ2n) is 8.58. The smallest absolute Gasteiger partial charge is 0.252 e. The molecule has 0 aromatic heterocycles. The SMILES string of the molecule is C=CC[C@@]1(C(=O)NCc2ccccc2Cl)N=C(c2ccc(OCCCO)cc2)O[C@@H]1c1ccccc1Br. The van der Waals surface area contributed by atoms with Gasteiger partial charge in [-0.05, 0) is 42.0 Å². The number of hydrogen-bond acceptors (Lipinski definition) is 5. The molecule has 8 heteroatoms. The van der Waals surface area contributed by atoms with E-state index in [1.807, 2.05) is 66.7 Å². The fourth-order valence-electron chi connectivity index (χ4n) is 4.17. The maximum absolute atomic E-state index is 13.9. The molecule has 0 radical (unpaired) electrons. The summed E-state index contributed by atoms with van der Waals surface area (Å²) in [5, 5.41) is 12.6. The lowest BCUT2D eigenvalue weighted by molar-refractivity contribution is -0.129. The van der Waals surface area contributed by atoms with Gasteiger partial charge in [-0.1, -0.05) is 70.0 Å². The molecule has 0 spiro atoms. The van der Waals surface area contributed by atoms with Crippen molar-refractivity contribution < 1.29 is 19.4 Å². The van der Waals surface area contributed by atoms with Crippen molar-refractivity contribution in [2.24, 2.45) is 4.99 Å². The van der Waals surface area contributed by atoms with Crippen LogP contribution in [0.25, 0.3) is 0 Å². The Morgan fingerprint density at radius 2 is 1.89 bits per heavy atom. The Morgan fingerprint density at radius 1 is 1.16 bits per heavy atom. The summed E-state index contributed by atoms with van der Waals surface area (Å²) in [4.78, 5) is 18.8. The van der Waals surface area contributed by atoms with Gasteiger partial charge in [-0.25, -0.2) is 4.99 Å². The monoisotopic (exact) mass is 582 g/mol. The maximum atomic E-state index is 13.9. The van der Waals surface area contributed by atoms with Gasteiger partial charge in [-0.3, -0.25) is 4.79 Å². The summed E-state index contributed by atoms with van der Waals surface area (Å²) >= 11 is 9.93. The van der Waals surface area contributed by atoms with Crippen LogP contribution in [0.1, 0.15) is 35.6 Å². The number of nitrogens with zero attached hydrogens (tertiary/aromatic N) is 1. The van der Waals surface area contributed by atoms with Gasteiger partial charge in [0.25, 0.3) is 5.91 Å². The van der Waals surface area contributed by atoms with Crippen molar-refractivity contribution in [1.29, 1.82) is 0 Å². The van der Waals surface area contributed by atoms with Gasteiger partial charge in [0, 0.05) is 46.6 Å². The molecule has 0 saturated heterocycles. The van der Waals surface area contributed by atoms with Crippen LogP contribution in [-0.2, 0) is 16.1 Å². The first-order valence-electron chi connectivity index (χ1n) is 12.0. The molecule has 0 aliphatic carbocycles. The third kappa shape index (κ3) is 6.06. The fraction of sp³-hybridized carbons (Fsp3) is 0.241. The molecule has 1 amide bonds. The van der Waals surface area contributed by atoms with Gasteiger partial charge in [0.05, 0.1) is 6.61 Å². The molecule has 3 aromatic rings. The van der Waals surface area contributed by atoms with Gasteiger partial charge < -0.3 is 19.9 Å². The number of carbonyl (C=O) groups is 1. The second kappa shape index (κ2) is 12.4. The third-order valence-corrected chi connectivity index (χ3v) is 7.16. The molecular formula is C29H28BrClN2O4. The first-order chi connectivity index (χ1) is 18.0. The number of aliphatic hydroxyl groups excluding tert-OH is 1. The first kappa shape index (κ1) is 26.9. The summed E-state index contributed by atoms with van der Waals surface area (Å²) in [6, 6.07) is 22.4. The predicted molar refractivity (Wildman–Crippen MR) is 149 cm³/mol. The number of carbonyl (C=O) groups excluding carboxylic acids is 1. The summed E-state index contributed by atoms with van der Waals surface area (Å²) in [6.07, 6.45) is 1.81. The third-order valence-electron chi connectivity index (χ3n) is 6.07. The molecule has 6 nitrogen and oxygen atoms in total. The van der Waals surface area contributed by atoms with Crippen molar-refractivity contribution in [3.8, 4) is 5.75 Å². The van der Waals surface area contributed by atoms with E-state index in [0.29, 0.717) is 29.7 Å². The number of aliphatic imine (C=N–C) groups is 1. The molecular weight excluding hydrogens is 556 g/mol. The standard InChI is InChI=1S/C29H28BrClN2O4/c1-2-16-29(28(35)32-19-21-8-3-6-11-25(21)31)26(23-9-4-5-10-24(23)30)37-27(33-29)20-12-14-22(15-13-20)36-18-7-17-34/h2-6,8-15,26,34H,1,7,16-19H2,(H,32,35)/t26-,29-/m1/s1. The molecule has 37 heavy (non-hydrogen) atoms. The number of nitrogens with one attached hydrogen (secondary N) is 1. The lowest BCUT2D eigenvalue weighted by Crippen LogP contribution is -2.47. The first-order valence-corrected chi connectivity index (χ1v) is 13.1. The fourth-order valence-corrected chi connectivity index (χ4v) is 4.87. The highest BCUT2D eigenvalue weighted by Crippen LogP contribution is 2.44. The van der Waals surface area contributed by atoms with E-state index >= 15 is 0 Å². The van der Waals surface area contributed by atoms with Crippen molar-refractivity contribution in [2.45, 2.75) is 31.0 Å². The molecule has 3 aromatic carbocycles. The minimum absolute atomic E-state index is 0.0725. The zero-order chi connectivity index (χ0) is 26.3. The molecule has 192 valence electrons. The van der Waals surface area contributed by atoms with Crippen molar-refractivity contribution in [2.75, 3.05) is 13.2 Å². The summed E-state index contributed by atoms with van der Waals surface area (Å²) in [6.45, 7) is 4.66. The van der Waals surface area contributed by atoms with Gasteiger partial charge >= 0.3 is 0 Å². The van der Waals surface area contributed by atoms with E-state index in [1.54, 1.807) is 12.1 Å². The molecule has 0 saturated carbocycles. The molecule has 2 atom stereocenters. The zero-order valence-corrected chi connectivity index (χ0v) is 22.5. The Balaban J connectivity index is 1.68. The molecule has 1 heterocycles. The van der Waals surface area contributed by atoms with Crippen LogP contribution in [0.2, 0.25) is 5.02 Å². The summed E-state index contributed by atoms with van der Waals surface area (Å²) in [7, 11) is 0. The highest BCUT2D eigenvalue weighted by atomic mass is 79.9. The molecule has 4 rings (SSSR count). The van der Waals surface area contributed by atoms with Crippen LogP contribution in [0.15, 0.2) is 94.9 Å². The average Bonchev–Trinajstić information content (AvgIpc) is 3.29. The van der Waals surface area contributed by atoms with Gasteiger partial charge in [0.15, 0.2) is 11.6 Å². The summed E-state index contributed by atoms with van der Waals surface area (Å²) in [5.41, 5.74) is 1.05.